The van der Waals surface area contributed by atoms with Crippen LogP contribution >= 0.6 is 0 Å². The van der Waals surface area contributed by atoms with Gasteiger partial charge < -0.3 is 30.6 Å². The van der Waals surface area contributed by atoms with E-state index in [0.717, 1.165) is 11.3 Å². The van der Waals surface area contributed by atoms with E-state index in [1.165, 1.54) is 32.2 Å². The van der Waals surface area contributed by atoms with E-state index < -0.39 is 29.9 Å². The molecule has 0 saturated heterocycles. The maximum absolute atomic E-state index is 14.0. The van der Waals surface area contributed by atoms with E-state index in [1.807, 2.05) is 48.7 Å². The van der Waals surface area contributed by atoms with Crippen LogP contribution in [0.15, 0.2) is 66.4 Å². The summed E-state index contributed by atoms with van der Waals surface area (Å²) in [6.07, 6.45) is -0.533. The van der Waals surface area contributed by atoms with Crippen molar-refractivity contribution in [2.45, 2.75) is 64.7 Å². The number of allylic oxidation sites excluding steroid dienone is 1. The Hall–Kier alpha value is -4.28. The molecule has 0 aliphatic heterocycles. The maximum Gasteiger partial charge on any atom is 0.308 e. The van der Waals surface area contributed by atoms with Crippen molar-refractivity contribution in [2.75, 3.05) is 13.7 Å². The van der Waals surface area contributed by atoms with E-state index in [0.29, 0.717) is 28.8 Å². The number of nitrogens with two attached hydrogens (primary N) is 1. The van der Waals surface area contributed by atoms with Crippen LogP contribution in [0.4, 0.5) is 4.39 Å². The summed E-state index contributed by atoms with van der Waals surface area (Å²) < 4.78 is 20.5. The number of aliphatic hydroxyl groups is 2. The number of methoxy groups -OCH3 is 1. The van der Waals surface area contributed by atoms with Gasteiger partial charge in [0.05, 0.1) is 32.3 Å². The molecule has 0 fully saturated rings. The van der Waals surface area contributed by atoms with Crippen molar-refractivity contribution >= 4 is 17.7 Å². The van der Waals surface area contributed by atoms with Crippen molar-refractivity contribution < 1.29 is 33.7 Å². The van der Waals surface area contributed by atoms with E-state index >= 15 is 0 Å². The Labute approximate surface area is 251 Å². The molecule has 230 valence electrons. The number of aromatic nitrogens is 1. The molecule has 2 aromatic carbocycles. The molecular formula is C33H40FN3O6. The lowest BCUT2D eigenvalue weighted by Gasteiger charge is -2.20. The Morgan fingerprint density at radius 2 is 1.63 bits per heavy atom. The Bertz CT molecular complexity index is 1450. The number of esters is 1. The molecular weight excluding hydrogens is 553 g/mol. The Kier molecular flexibility index (Phi) is 11.8. The molecule has 0 saturated carbocycles. The molecule has 2 unspecified atom stereocenters. The second kappa shape index (κ2) is 15.3. The predicted octanol–water partition coefficient (Wildman–Crippen LogP) is 4.31. The van der Waals surface area contributed by atoms with Gasteiger partial charge in [-0.05, 0) is 63.3 Å². The van der Waals surface area contributed by atoms with Crippen LogP contribution in [0.25, 0.3) is 22.3 Å². The smallest absolute Gasteiger partial charge is 0.308 e. The van der Waals surface area contributed by atoms with E-state index in [9.17, 15) is 29.0 Å². The van der Waals surface area contributed by atoms with Crippen LogP contribution in [0.5, 0.6) is 0 Å². The minimum Gasteiger partial charge on any atom is -0.469 e. The predicted molar refractivity (Wildman–Crippen MR) is 163 cm³/mol. The van der Waals surface area contributed by atoms with Crippen LogP contribution in [0.1, 0.15) is 62.3 Å². The van der Waals surface area contributed by atoms with Crippen LogP contribution in [0.3, 0.4) is 0 Å². The highest BCUT2D eigenvalue weighted by atomic mass is 19.1. The zero-order valence-corrected chi connectivity index (χ0v) is 25.0. The normalized spacial score (nSPS) is 13.1. The van der Waals surface area contributed by atoms with Crippen molar-refractivity contribution in [2.24, 2.45) is 5.73 Å². The molecule has 1 heterocycles. The number of nitrogens with one attached hydrogen (secondary N) is 1. The topological polar surface area (TPSA) is 144 Å². The van der Waals surface area contributed by atoms with Crippen molar-refractivity contribution in [1.29, 1.82) is 0 Å². The molecule has 9 nitrogen and oxygen atoms in total. The Balaban J connectivity index is 2.18. The summed E-state index contributed by atoms with van der Waals surface area (Å²) in [5, 5.41) is 23.9. The number of ketones is 1. The molecule has 5 N–H and O–H groups in total. The quantitative estimate of drug-likeness (QED) is 0.161. The van der Waals surface area contributed by atoms with Gasteiger partial charge in [0.1, 0.15) is 11.5 Å². The SMILES string of the molecule is COC(=O)CC(O)CC(O)CCc1c(-c2ccc(F)cc2)c(-c2ccccc2)c(C(=O)NC/C(N)=C/C(C)=O)n1C(C)C. The zero-order valence-electron chi connectivity index (χ0n) is 25.0. The fourth-order valence-electron chi connectivity index (χ4n) is 5.16. The highest BCUT2D eigenvalue weighted by molar-refractivity contribution is 6.05. The van der Waals surface area contributed by atoms with E-state index in [1.54, 1.807) is 12.1 Å². The fraction of sp³-hybridized carbons (Fsp3) is 0.364. The first-order valence-electron chi connectivity index (χ1n) is 14.2. The molecule has 0 aliphatic carbocycles. The summed E-state index contributed by atoms with van der Waals surface area (Å²) in [5.74, 6) is -1.64. The summed E-state index contributed by atoms with van der Waals surface area (Å²) in [6.45, 7) is 5.19. The first-order valence-corrected chi connectivity index (χ1v) is 14.2. The molecule has 0 radical (unpaired) electrons. The van der Waals surface area contributed by atoms with Gasteiger partial charge in [0.15, 0.2) is 5.78 Å². The van der Waals surface area contributed by atoms with Crippen molar-refractivity contribution in [3.05, 3.63) is 83.6 Å². The van der Waals surface area contributed by atoms with Gasteiger partial charge >= 0.3 is 5.97 Å². The van der Waals surface area contributed by atoms with Gasteiger partial charge in [0.25, 0.3) is 5.91 Å². The summed E-state index contributed by atoms with van der Waals surface area (Å²) >= 11 is 0. The number of amides is 1. The highest BCUT2D eigenvalue weighted by Gasteiger charge is 2.30. The number of benzene rings is 2. The average Bonchev–Trinajstić information content (AvgIpc) is 3.30. The molecule has 43 heavy (non-hydrogen) atoms. The third-order valence-corrected chi connectivity index (χ3v) is 6.96. The third kappa shape index (κ3) is 8.86. The number of ether oxygens (including phenoxy) is 1. The molecule has 1 aromatic heterocycles. The van der Waals surface area contributed by atoms with Gasteiger partial charge in [-0.15, -0.1) is 0 Å². The number of hydrogen-bond acceptors (Lipinski definition) is 7. The van der Waals surface area contributed by atoms with Crippen LogP contribution in [-0.2, 0) is 20.7 Å². The van der Waals surface area contributed by atoms with Crippen LogP contribution < -0.4 is 11.1 Å². The monoisotopic (exact) mass is 593 g/mol. The lowest BCUT2D eigenvalue weighted by molar-refractivity contribution is -0.143. The van der Waals surface area contributed by atoms with Crippen LogP contribution in [0.2, 0.25) is 0 Å². The summed E-state index contributed by atoms with van der Waals surface area (Å²) in [7, 11) is 1.23. The second-order valence-corrected chi connectivity index (χ2v) is 10.8. The zero-order chi connectivity index (χ0) is 31.7. The minimum atomic E-state index is -1.08. The molecule has 0 bridgehead atoms. The van der Waals surface area contributed by atoms with E-state index in [4.69, 9.17) is 5.73 Å². The largest absolute Gasteiger partial charge is 0.469 e. The Morgan fingerprint density at radius 3 is 2.21 bits per heavy atom. The van der Waals surface area contributed by atoms with Gasteiger partial charge in [0, 0.05) is 34.6 Å². The van der Waals surface area contributed by atoms with Gasteiger partial charge in [-0.25, -0.2) is 4.39 Å². The number of aliphatic hydroxyl groups excluding tert-OH is 2. The van der Waals surface area contributed by atoms with E-state index in [2.05, 4.69) is 10.1 Å². The molecule has 2 atom stereocenters. The van der Waals surface area contributed by atoms with Gasteiger partial charge in [-0.2, -0.15) is 0 Å². The maximum atomic E-state index is 14.0. The molecule has 10 heteroatoms. The van der Waals surface area contributed by atoms with Crippen LogP contribution in [0, 0.1) is 5.82 Å². The minimum absolute atomic E-state index is 0.0377. The van der Waals surface area contributed by atoms with Crippen molar-refractivity contribution in [3.8, 4) is 22.3 Å². The number of hydrogen-bond donors (Lipinski definition) is 4. The number of halogens is 1. The van der Waals surface area contributed by atoms with Crippen molar-refractivity contribution in [1.82, 2.24) is 9.88 Å². The van der Waals surface area contributed by atoms with Gasteiger partial charge in [0.2, 0.25) is 0 Å². The number of rotatable bonds is 14. The molecule has 0 aliphatic rings. The van der Waals surface area contributed by atoms with E-state index in [-0.39, 0.29) is 43.3 Å². The first kappa shape index (κ1) is 33.2. The summed E-state index contributed by atoms with van der Waals surface area (Å²) in [5.41, 5.74) is 10.0. The van der Waals surface area contributed by atoms with Crippen molar-refractivity contribution in [3.63, 3.8) is 0 Å². The number of carbonyl (C=O) groups excluding carboxylic acids is 3. The third-order valence-electron chi connectivity index (χ3n) is 6.96. The lowest BCUT2D eigenvalue weighted by Crippen LogP contribution is -2.31. The molecule has 3 aromatic rings. The van der Waals surface area contributed by atoms with Crippen LogP contribution in [-0.4, -0.2) is 58.3 Å². The van der Waals surface area contributed by atoms with Gasteiger partial charge in [-0.1, -0.05) is 42.5 Å². The number of nitrogens with zero attached hydrogens (tertiary/aromatic N) is 1. The molecule has 1 amide bonds. The average molecular weight is 594 g/mol. The second-order valence-electron chi connectivity index (χ2n) is 10.8. The Morgan fingerprint density at radius 1 is 1.00 bits per heavy atom. The fourth-order valence-corrected chi connectivity index (χ4v) is 5.16. The summed E-state index contributed by atoms with van der Waals surface area (Å²) in [6, 6.07) is 15.1. The molecule has 0 spiro atoms. The summed E-state index contributed by atoms with van der Waals surface area (Å²) in [4.78, 5) is 37.0. The lowest BCUT2D eigenvalue weighted by atomic mass is 9.92. The number of carbonyl (C=O) groups is 3. The standard InChI is InChI=1S/C33H40FN3O6/c1-20(2)37-28(15-14-26(39)17-27(40)18-29(41)43-4)30(23-10-12-24(34)13-11-23)31(22-8-6-5-7-9-22)32(37)33(42)36-19-25(35)16-21(3)38/h5-13,16,20,26-27,39-40H,14-15,17-19,35H2,1-4H3,(H,36,42)/b25-16-. The first-order chi connectivity index (χ1) is 20.4. The van der Waals surface area contributed by atoms with Gasteiger partial charge in [-0.3, -0.25) is 14.4 Å². The highest BCUT2D eigenvalue weighted by Crippen LogP contribution is 2.42. The molecule has 3 rings (SSSR count).